The highest BCUT2D eigenvalue weighted by Gasteiger charge is 2.14. The molecule has 2 amide bonds. The van der Waals surface area contributed by atoms with Crippen LogP contribution in [0.25, 0.3) is 16.6 Å². The van der Waals surface area contributed by atoms with Gasteiger partial charge in [-0.3, -0.25) is 9.59 Å². The third kappa shape index (κ3) is 5.20. The van der Waals surface area contributed by atoms with Crippen LogP contribution in [0, 0.1) is 6.92 Å². The van der Waals surface area contributed by atoms with Gasteiger partial charge in [0.25, 0.3) is 0 Å². The predicted molar refractivity (Wildman–Crippen MR) is 129 cm³/mol. The van der Waals surface area contributed by atoms with Gasteiger partial charge in [0, 0.05) is 17.6 Å². The zero-order chi connectivity index (χ0) is 23.2. The van der Waals surface area contributed by atoms with Gasteiger partial charge in [0.15, 0.2) is 0 Å². The smallest absolute Gasteiger partial charge is 0.313 e. The molecular weight excluding hydrogens is 416 g/mol. The summed E-state index contributed by atoms with van der Waals surface area (Å²) in [5.41, 5.74) is 4.31. The number of hydrogen-bond donors (Lipinski definition) is 2. The second-order valence-corrected chi connectivity index (χ2v) is 7.74. The number of carbonyl (C=O) groups excluding carboxylic acids is 2. The summed E-state index contributed by atoms with van der Waals surface area (Å²) in [5.74, 6) is -0.607. The Labute approximate surface area is 192 Å². The van der Waals surface area contributed by atoms with E-state index in [1.807, 2.05) is 72.4 Å². The van der Waals surface area contributed by atoms with Crippen molar-refractivity contribution in [1.82, 2.24) is 15.1 Å². The first kappa shape index (κ1) is 22.1. The minimum Gasteiger partial charge on any atom is -0.494 e. The van der Waals surface area contributed by atoms with E-state index >= 15 is 0 Å². The van der Waals surface area contributed by atoms with E-state index < -0.39 is 11.8 Å². The highest BCUT2D eigenvalue weighted by molar-refractivity contribution is 6.39. The van der Waals surface area contributed by atoms with Gasteiger partial charge in [-0.25, -0.2) is 4.68 Å². The molecule has 0 aliphatic carbocycles. The third-order valence-electron chi connectivity index (χ3n) is 5.28. The van der Waals surface area contributed by atoms with Crippen molar-refractivity contribution in [3.05, 3.63) is 84.1 Å². The third-order valence-corrected chi connectivity index (χ3v) is 5.28. The molecule has 0 saturated heterocycles. The van der Waals surface area contributed by atoms with Crippen LogP contribution in [-0.4, -0.2) is 28.2 Å². The average molecular weight is 443 g/mol. The van der Waals surface area contributed by atoms with Gasteiger partial charge in [-0.1, -0.05) is 31.2 Å². The molecule has 2 N–H and O–H groups in total. The van der Waals surface area contributed by atoms with E-state index in [4.69, 9.17) is 4.74 Å². The van der Waals surface area contributed by atoms with Gasteiger partial charge < -0.3 is 15.4 Å². The first-order valence-corrected chi connectivity index (χ1v) is 10.9. The molecule has 1 heterocycles. The first-order valence-electron chi connectivity index (χ1n) is 10.9. The number of nitrogens with zero attached hydrogens (tertiary/aromatic N) is 2. The van der Waals surface area contributed by atoms with Crippen molar-refractivity contribution in [2.45, 2.75) is 26.8 Å². The lowest BCUT2D eigenvalue weighted by molar-refractivity contribution is -0.136. The molecule has 0 unspecified atom stereocenters. The molecule has 0 aliphatic heterocycles. The maximum atomic E-state index is 12.3. The van der Waals surface area contributed by atoms with Crippen LogP contribution in [-0.2, 0) is 16.1 Å². The zero-order valence-electron chi connectivity index (χ0n) is 18.7. The van der Waals surface area contributed by atoms with E-state index in [0.29, 0.717) is 12.3 Å². The first-order chi connectivity index (χ1) is 16.0. The lowest BCUT2D eigenvalue weighted by atomic mass is 10.1. The number of aromatic nitrogens is 2. The number of carbonyl (C=O) groups is 2. The maximum absolute atomic E-state index is 12.3. The quantitative estimate of drug-likeness (QED) is 0.416. The molecule has 0 fully saturated rings. The monoisotopic (exact) mass is 442 g/mol. The Morgan fingerprint density at radius 1 is 1.00 bits per heavy atom. The van der Waals surface area contributed by atoms with Gasteiger partial charge in [-0.05, 0) is 66.9 Å². The molecule has 0 aliphatic rings. The number of nitrogens with one attached hydrogen (secondary N) is 2. The Morgan fingerprint density at radius 3 is 2.55 bits per heavy atom. The van der Waals surface area contributed by atoms with Crippen LogP contribution in [0.2, 0.25) is 0 Å². The highest BCUT2D eigenvalue weighted by Crippen LogP contribution is 2.20. The Balaban J connectivity index is 1.34. The van der Waals surface area contributed by atoms with Crippen molar-refractivity contribution in [3.63, 3.8) is 0 Å². The van der Waals surface area contributed by atoms with Crippen molar-refractivity contribution < 1.29 is 14.3 Å². The molecule has 0 saturated carbocycles. The zero-order valence-corrected chi connectivity index (χ0v) is 18.7. The van der Waals surface area contributed by atoms with E-state index in [-0.39, 0.29) is 6.54 Å². The van der Waals surface area contributed by atoms with Crippen molar-refractivity contribution in [2.24, 2.45) is 0 Å². The molecule has 7 nitrogen and oxygen atoms in total. The fourth-order valence-electron chi connectivity index (χ4n) is 3.48. The molecule has 3 aromatic carbocycles. The molecule has 4 aromatic rings. The van der Waals surface area contributed by atoms with Gasteiger partial charge in [0.2, 0.25) is 0 Å². The molecule has 0 spiro atoms. The number of anilines is 1. The van der Waals surface area contributed by atoms with Crippen LogP contribution in [0.3, 0.4) is 0 Å². The molecule has 7 heteroatoms. The number of amides is 2. The SMILES string of the molecule is CCCOc1ccc(CNC(=O)C(=O)Nc2ccc(-n3ncc4ccccc43)cc2)c(C)c1. The fraction of sp³-hybridized carbons (Fsp3) is 0.192. The van der Waals surface area contributed by atoms with Crippen LogP contribution in [0.5, 0.6) is 5.75 Å². The summed E-state index contributed by atoms with van der Waals surface area (Å²) in [7, 11) is 0. The molecule has 4 rings (SSSR count). The maximum Gasteiger partial charge on any atom is 0.313 e. The number of benzene rings is 3. The van der Waals surface area contributed by atoms with E-state index in [1.54, 1.807) is 12.1 Å². The average Bonchev–Trinajstić information content (AvgIpc) is 3.26. The van der Waals surface area contributed by atoms with Gasteiger partial charge in [0.1, 0.15) is 5.75 Å². The number of fused-ring (bicyclic) bond motifs is 1. The molecular formula is C26H26N4O3. The second kappa shape index (κ2) is 9.99. The Morgan fingerprint density at radius 2 is 1.79 bits per heavy atom. The van der Waals surface area contributed by atoms with Gasteiger partial charge in [-0.2, -0.15) is 5.10 Å². The second-order valence-electron chi connectivity index (χ2n) is 7.74. The van der Waals surface area contributed by atoms with E-state index in [2.05, 4.69) is 22.7 Å². The van der Waals surface area contributed by atoms with Crippen LogP contribution < -0.4 is 15.4 Å². The molecule has 33 heavy (non-hydrogen) atoms. The summed E-state index contributed by atoms with van der Waals surface area (Å²) >= 11 is 0. The fourth-order valence-corrected chi connectivity index (χ4v) is 3.48. The van der Waals surface area contributed by atoms with Crippen molar-refractivity contribution in [2.75, 3.05) is 11.9 Å². The highest BCUT2D eigenvalue weighted by atomic mass is 16.5. The predicted octanol–water partition coefficient (Wildman–Crippen LogP) is 4.38. The van der Waals surface area contributed by atoms with Gasteiger partial charge >= 0.3 is 11.8 Å². The summed E-state index contributed by atoms with van der Waals surface area (Å²) in [6, 6.07) is 20.8. The molecule has 168 valence electrons. The van der Waals surface area contributed by atoms with Crippen molar-refractivity contribution >= 4 is 28.4 Å². The van der Waals surface area contributed by atoms with Crippen LogP contribution in [0.4, 0.5) is 5.69 Å². The molecule has 1 aromatic heterocycles. The van der Waals surface area contributed by atoms with Gasteiger partial charge in [0.05, 0.1) is 24.0 Å². The normalized spacial score (nSPS) is 10.7. The van der Waals surface area contributed by atoms with Gasteiger partial charge in [-0.15, -0.1) is 0 Å². The van der Waals surface area contributed by atoms with Crippen LogP contribution >= 0.6 is 0 Å². The number of hydrogen-bond acceptors (Lipinski definition) is 4. The summed E-state index contributed by atoms with van der Waals surface area (Å²) in [6.45, 7) is 4.93. The van der Waals surface area contributed by atoms with Crippen molar-refractivity contribution in [3.8, 4) is 11.4 Å². The van der Waals surface area contributed by atoms with E-state index in [0.717, 1.165) is 39.9 Å². The largest absolute Gasteiger partial charge is 0.494 e. The molecule has 0 atom stereocenters. The Hall–Kier alpha value is -4.13. The molecule has 0 radical (unpaired) electrons. The number of rotatable bonds is 7. The van der Waals surface area contributed by atoms with Crippen molar-refractivity contribution in [1.29, 1.82) is 0 Å². The van der Waals surface area contributed by atoms with Crippen LogP contribution in [0.15, 0.2) is 72.9 Å². The molecule has 0 bridgehead atoms. The van der Waals surface area contributed by atoms with Crippen LogP contribution in [0.1, 0.15) is 24.5 Å². The lowest BCUT2D eigenvalue weighted by Crippen LogP contribution is -2.35. The summed E-state index contributed by atoms with van der Waals surface area (Å²) in [4.78, 5) is 24.6. The summed E-state index contributed by atoms with van der Waals surface area (Å²) in [6.07, 6.45) is 2.75. The summed E-state index contributed by atoms with van der Waals surface area (Å²) < 4.78 is 7.45. The van der Waals surface area contributed by atoms with E-state index in [1.165, 1.54) is 0 Å². The number of para-hydroxylation sites is 1. The standard InChI is InChI=1S/C26H26N4O3/c1-3-14-33-23-13-8-19(18(2)15-23)16-27-25(31)26(32)29-21-9-11-22(12-10-21)30-24-7-5-4-6-20(24)17-28-30/h4-13,15,17H,3,14,16H2,1-2H3,(H,27,31)(H,29,32). The summed E-state index contributed by atoms with van der Waals surface area (Å²) in [5, 5.41) is 10.8. The Kier molecular flexibility index (Phi) is 6.69. The Bertz CT molecular complexity index is 1280. The topological polar surface area (TPSA) is 85.2 Å². The number of ether oxygens (including phenoxy) is 1. The number of aryl methyl sites for hydroxylation is 1. The minimum atomic E-state index is -0.715. The minimum absolute atomic E-state index is 0.261. The lowest BCUT2D eigenvalue weighted by Gasteiger charge is -2.11. The van der Waals surface area contributed by atoms with E-state index in [9.17, 15) is 9.59 Å².